The molecular formula is C29H24F2N4O6S2. The van der Waals surface area contributed by atoms with Gasteiger partial charge in [0.2, 0.25) is 0 Å². The molecule has 2 N–H and O–H groups in total. The monoisotopic (exact) mass is 626 g/mol. The van der Waals surface area contributed by atoms with Gasteiger partial charge in [-0.15, -0.1) is 0 Å². The largest absolute Gasteiger partial charge is 0.616 e. The Kier molecular flexibility index (Phi) is 7.86. The number of anilines is 2. The van der Waals surface area contributed by atoms with Crippen molar-refractivity contribution in [3.8, 4) is 11.1 Å². The third-order valence-corrected chi connectivity index (χ3v) is 9.16. The average molecular weight is 627 g/mol. The first kappa shape index (κ1) is 29.9. The molecule has 10 nitrogen and oxygen atoms in total. The number of benzene rings is 2. The molecule has 5 rings (SSSR count). The number of aromatic carboxylic acids is 1. The number of hydrogen-bond acceptors (Lipinski definition) is 7. The van der Waals surface area contributed by atoms with E-state index < -0.39 is 50.2 Å². The van der Waals surface area contributed by atoms with E-state index in [1.807, 2.05) is 0 Å². The second-order valence-electron chi connectivity index (χ2n) is 9.84. The number of fused-ring (bicyclic) bond motifs is 1. The summed E-state index contributed by atoms with van der Waals surface area (Å²) in [5.41, 5.74) is 0.491. The number of carboxylic acid groups (broad SMARTS) is 1. The summed E-state index contributed by atoms with van der Waals surface area (Å²) in [6.07, 6.45) is 4.84. The molecular weight excluding hydrogens is 602 g/mol. The highest BCUT2D eigenvalue weighted by Crippen LogP contribution is 2.38. The van der Waals surface area contributed by atoms with Crippen LogP contribution in [-0.4, -0.2) is 43.8 Å². The van der Waals surface area contributed by atoms with Gasteiger partial charge in [0.05, 0.1) is 22.9 Å². The zero-order valence-corrected chi connectivity index (χ0v) is 24.6. The quantitative estimate of drug-likeness (QED) is 0.239. The first-order chi connectivity index (χ1) is 20.3. The van der Waals surface area contributed by atoms with Gasteiger partial charge >= 0.3 is 5.97 Å². The molecule has 43 heavy (non-hydrogen) atoms. The Morgan fingerprint density at radius 2 is 1.81 bits per heavy atom. The van der Waals surface area contributed by atoms with Crippen LogP contribution in [0, 0.1) is 18.6 Å². The lowest BCUT2D eigenvalue weighted by Gasteiger charge is -2.18. The SMILES string of the molecule is Cc1ccc(S(=O)(=O)n2ccc3c(-c4cc(C[S+](C)[O-])c(C(=O)O)cc4Nc4ncc(F)cc4F)cn(C)c(=O)c32)cc1. The molecule has 5 aromatic rings. The molecule has 0 aliphatic rings. The molecule has 1 unspecified atom stereocenters. The van der Waals surface area contributed by atoms with Gasteiger partial charge in [-0.1, -0.05) is 28.9 Å². The Bertz CT molecular complexity index is 2070. The van der Waals surface area contributed by atoms with Crippen molar-refractivity contribution in [1.29, 1.82) is 0 Å². The van der Waals surface area contributed by atoms with Gasteiger partial charge < -0.3 is 19.5 Å². The minimum atomic E-state index is -4.21. The number of aryl methyl sites for hydroxylation is 2. The van der Waals surface area contributed by atoms with Gasteiger partial charge in [-0.2, -0.15) is 0 Å². The highest BCUT2D eigenvalue weighted by molar-refractivity contribution is 7.90. The minimum Gasteiger partial charge on any atom is -0.616 e. The van der Waals surface area contributed by atoms with Crippen molar-refractivity contribution < 1.29 is 31.7 Å². The number of nitrogens with zero attached hydrogens (tertiary/aromatic N) is 3. The van der Waals surface area contributed by atoms with Gasteiger partial charge in [-0.05, 0) is 37.3 Å². The first-order valence-corrected chi connectivity index (χ1v) is 15.8. The van der Waals surface area contributed by atoms with Crippen LogP contribution in [0.2, 0.25) is 0 Å². The summed E-state index contributed by atoms with van der Waals surface area (Å²) in [7, 11) is -2.79. The fraction of sp³-hybridized carbons (Fsp3) is 0.138. The summed E-state index contributed by atoms with van der Waals surface area (Å²) in [4.78, 5) is 29.2. The molecule has 1 atom stereocenters. The summed E-state index contributed by atoms with van der Waals surface area (Å²) in [5.74, 6) is -3.88. The van der Waals surface area contributed by atoms with Crippen molar-refractivity contribution in [3.63, 3.8) is 0 Å². The molecule has 0 fully saturated rings. The van der Waals surface area contributed by atoms with E-state index in [1.165, 1.54) is 60.6 Å². The molecule has 0 spiro atoms. The zero-order chi connectivity index (χ0) is 31.2. The van der Waals surface area contributed by atoms with Crippen molar-refractivity contribution in [2.45, 2.75) is 17.6 Å². The summed E-state index contributed by atoms with van der Waals surface area (Å²) < 4.78 is 69.6. The predicted octanol–water partition coefficient (Wildman–Crippen LogP) is 4.55. The lowest BCUT2D eigenvalue weighted by Crippen LogP contribution is -2.22. The van der Waals surface area contributed by atoms with E-state index in [0.717, 1.165) is 15.7 Å². The fourth-order valence-corrected chi connectivity index (χ4v) is 6.73. The van der Waals surface area contributed by atoms with Gasteiger partial charge in [0.25, 0.3) is 15.6 Å². The Morgan fingerprint density at radius 1 is 1.12 bits per heavy atom. The molecule has 14 heteroatoms. The van der Waals surface area contributed by atoms with Gasteiger partial charge in [0.1, 0.15) is 17.1 Å². The number of pyridine rings is 2. The van der Waals surface area contributed by atoms with Crippen LogP contribution >= 0.6 is 0 Å². The van der Waals surface area contributed by atoms with Crippen molar-refractivity contribution in [1.82, 2.24) is 13.5 Å². The van der Waals surface area contributed by atoms with E-state index in [4.69, 9.17) is 0 Å². The molecule has 2 aromatic carbocycles. The van der Waals surface area contributed by atoms with Gasteiger partial charge in [0, 0.05) is 53.3 Å². The molecule has 0 aliphatic heterocycles. The number of halogens is 2. The number of aromatic nitrogens is 3. The molecule has 0 radical (unpaired) electrons. The number of rotatable bonds is 8. The van der Waals surface area contributed by atoms with Crippen molar-refractivity contribution in [2.75, 3.05) is 11.6 Å². The van der Waals surface area contributed by atoms with E-state index in [1.54, 1.807) is 19.1 Å². The van der Waals surface area contributed by atoms with E-state index in [0.29, 0.717) is 6.07 Å². The minimum absolute atomic E-state index is 0.00938. The lowest BCUT2D eigenvalue weighted by molar-refractivity contribution is 0.0696. The summed E-state index contributed by atoms with van der Waals surface area (Å²) in [6.45, 7) is 1.81. The Labute approximate surface area is 247 Å². The molecule has 0 amide bonds. The maximum atomic E-state index is 14.6. The van der Waals surface area contributed by atoms with Gasteiger partial charge in [-0.25, -0.2) is 30.9 Å². The van der Waals surface area contributed by atoms with Crippen molar-refractivity contribution in [3.05, 3.63) is 106 Å². The van der Waals surface area contributed by atoms with E-state index >= 15 is 0 Å². The molecule has 3 aromatic heterocycles. The highest BCUT2D eigenvalue weighted by atomic mass is 32.2. The van der Waals surface area contributed by atoms with Crippen LogP contribution in [-0.2, 0) is 34.0 Å². The van der Waals surface area contributed by atoms with Crippen LogP contribution in [0.3, 0.4) is 0 Å². The molecule has 3 heterocycles. The van der Waals surface area contributed by atoms with Crippen LogP contribution < -0.4 is 10.9 Å². The van der Waals surface area contributed by atoms with E-state index in [9.17, 15) is 36.4 Å². The Hall–Kier alpha value is -4.53. The zero-order valence-electron chi connectivity index (χ0n) is 23.0. The Morgan fingerprint density at radius 3 is 2.44 bits per heavy atom. The number of nitrogens with one attached hydrogen (secondary N) is 1. The third kappa shape index (κ3) is 5.63. The van der Waals surface area contributed by atoms with E-state index in [2.05, 4.69) is 10.3 Å². The van der Waals surface area contributed by atoms with Gasteiger partial charge in [-0.3, -0.25) is 4.79 Å². The number of carboxylic acids is 1. The molecule has 0 bridgehead atoms. The first-order valence-electron chi connectivity index (χ1n) is 12.6. The number of carbonyl (C=O) groups is 1. The van der Waals surface area contributed by atoms with E-state index in [-0.39, 0.29) is 49.5 Å². The summed E-state index contributed by atoms with van der Waals surface area (Å²) >= 11 is -1.46. The smallest absolute Gasteiger partial charge is 0.336 e. The van der Waals surface area contributed by atoms with Crippen LogP contribution in [0.4, 0.5) is 20.3 Å². The molecule has 0 saturated carbocycles. The van der Waals surface area contributed by atoms with Gasteiger partial charge in [0.15, 0.2) is 11.6 Å². The molecule has 222 valence electrons. The third-order valence-electron chi connectivity index (χ3n) is 6.75. The summed E-state index contributed by atoms with van der Waals surface area (Å²) in [5, 5.41) is 12.8. The van der Waals surface area contributed by atoms with Crippen LogP contribution in [0.15, 0.2) is 76.8 Å². The lowest BCUT2D eigenvalue weighted by atomic mass is 9.96. The molecule has 0 saturated heterocycles. The fourth-order valence-electron chi connectivity index (χ4n) is 4.71. The van der Waals surface area contributed by atoms with Crippen LogP contribution in [0.1, 0.15) is 21.5 Å². The standard InChI is InChI=1S/C29H24F2N4O6S2/c1-16-4-6-19(7-5-16)43(40,41)35-9-8-20-23(14-34(2)28(36)26(20)35)22-10-17(15-42(3)39)21(29(37)38)12-25(22)33-27-24(31)11-18(30)13-32-27/h4-14H,15H2,1-3H3,(H,32,33)(H,37,38). The van der Waals surface area contributed by atoms with Crippen LogP contribution in [0.25, 0.3) is 22.0 Å². The maximum absolute atomic E-state index is 14.6. The normalized spacial score (nSPS) is 12.4. The topological polar surface area (TPSA) is 146 Å². The molecule has 0 aliphatic carbocycles. The van der Waals surface area contributed by atoms with Crippen LogP contribution in [0.5, 0.6) is 0 Å². The second kappa shape index (κ2) is 11.3. The maximum Gasteiger partial charge on any atom is 0.336 e. The average Bonchev–Trinajstić information content (AvgIpc) is 3.39. The highest BCUT2D eigenvalue weighted by Gasteiger charge is 2.26. The van der Waals surface area contributed by atoms with Crippen molar-refractivity contribution >= 4 is 49.6 Å². The second-order valence-corrected chi connectivity index (χ2v) is 13.1. The number of hydrogen-bond donors (Lipinski definition) is 2. The van der Waals surface area contributed by atoms with Crippen molar-refractivity contribution in [2.24, 2.45) is 7.05 Å². The Balaban J connectivity index is 1.81. The summed E-state index contributed by atoms with van der Waals surface area (Å²) in [6, 6.07) is 10.8. The predicted molar refractivity (Wildman–Crippen MR) is 159 cm³/mol.